The Morgan fingerprint density at radius 1 is 0.310 bits per heavy atom. The Hall–Kier alpha value is -2.16. The number of ether oxygens (including phenoxy) is 1. The van der Waals surface area contributed by atoms with Gasteiger partial charge in [0.15, 0.2) is 0 Å². The Kier molecular flexibility index (Phi) is 33.9. The van der Waals surface area contributed by atoms with Crippen molar-refractivity contribution < 1.29 is 24.1 Å². The molecule has 334 valence electrons. The lowest BCUT2D eigenvalue weighted by molar-refractivity contribution is -0.0916. The summed E-state index contributed by atoms with van der Waals surface area (Å²) in [4.78, 5) is 25.1. The molecule has 0 bridgehead atoms. The highest BCUT2D eigenvalue weighted by Gasteiger charge is 2.18. The molecule has 0 radical (unpaired) electrons. The molecule has 0 saturated carbocycles. The smallest absolute Gasteiger partial charge is 0.108 e. The molecule has 2 aromatic rings. The number of hydrogen-bond donors (Lipinski definition) is 0. The fourth-order valence-electron chi connectivity index (χ4n) is 7.15. The van der Waals surface area contributed by atoms with Crippen LogP contribution in [0.1, 0.15) is 232 Å². The fraction of sp³-hybridized carbons (Fsp3) is 0.765. The van der Waals surface area contributed by atoms with Crippen molar-refractivity contribution in [2.45, 2.75) is 221 Å². The quantitative estimate of drug-likeness (QED) is 0.0489. The lowest BCUT2D eigenvalue weighted by atomic mass is 10.0. The topological polar surface area (TPSA) is 52.6 Å². The molecule has 7 nitrogen and oxygen atoms in total. The molecule has 2 rings (SSSR count). The number of nitrogens with zero attached hydrogens (tertiary/aromatic N) is 2. The SMILES string of the molecule is CCCCCCCCON(OCCCCCCCC)c1ccc(C(OCCCCCC)c2ccc(N(OCCCCCCCC)OCCCCCCCC)cc2)cc1. The molecule has 0 saturated heterocycles. The minimum atomic E-state index is -0.187. The number of rotatable bonds is 42. The molecule has 7 heteroatoms. The van der Waals surface area contributed by atoms with E-state index < -0.39 is 0 Å². The van der Waals surface area contributed by atoms with Crippen LogP contribution < -0.4 is 10.5 Å². The minimum Gasteiger partial charge on any atom is -0.369 e. The second kappa shape index (κ2) is 37.8. The van der Waals surface area contributed by atoms with Crippen LogP contribution in [0.15, 0.2) is 48.5 Å². The monoisotopic (exact) mass is 811 g/mol. The average Bonchev–Trinajstić information content (AvgIpc) is 3.25. The molecule has 0 aromatic heterocycles. The minimum absolute atomic E-state index is 0.187. The first-order valence-electron chi connectivity index (χ1n) is 24.6. The van der Waals surface area contributed by atoms with Crippen molar-refractivity contribution >= 4 is 11.4 Å². The number of hydrogen-bond acceptors (Lipinski definition) is 7. The molecule has 0 heterocycles. The maximum absolute atomic E-state index is 6.69. The van der Waals surface area contributed by atoms with Gasteiger partial charge in [0.25, 0.3) is 0 Å². The van der Waals surface area contributed by atoms with E-state index in [0.29, 0.717) is 26.4 Å². The van der Waals surface area contributed by atoms with Gasteiger partial charge >= 0.3 is 0 Å². The molecule has 0 atom stereocenters. The Morgan fingerprint density at radius 2 is 0.552 bits per heavy atom. The van der Waals surface area contributed by atoms with Gasteiger partial charge in [-0.1, -0.05) is 207 Å². The summed E-state index contributed by atoms with van der Waals surface area (Å²) < 4.78 is 6.69. The highest BCUT2D eigenvalue weighted by Crippen LogP contribution is 2.31. The van der Waals surface area contributed by atoms with Crippen LogP contribution in [0.3, 0.4) is 0 Å². The molecule has 0 fully saturated rings. The maximum atomic E-state index is 6.69. The average molecular weight is 811 g/mol. The summed E-state index contributed by atoms with van der Waals surface area (Å²) in [5.74, 6) is 0. The van der Waals surface area contributed by atoms with Crippen molar-refractivity contribution in [2.75, 3.05) is 43.5 Å². The standard InChI is InChI=1S/C51H90N2O5/c1-6-11-16-21-25-30-43-55-52(56-44-31-26-22-17-12-7-2)49-38-34-47(35-39-49)51(54-42-29-20-15-10-5)48-36-40-50(41-37-48)53(57-45-32-27-23-18-13-8-3)58-46-33-28-24-19-14-9-4/h34-41,51H,6-33,42-46H2,1-5H3. The van der Waals surface area contributed by atoms with Crippen LogP contribution in [-0.4, -0.2) is 33.0 Å². The lowest BCUT2D eigenvalue weighted by Crippen LogP contribution is -2.25. The van der Waals surface area contributed by atoms with Gasteiger partial charge in [-0.3, -0.25) is 0 Å². The summed E-state index contributed by atoms with van der Waals surface area (Å²) in [5.41, 5.74) is 4.07. The van der Waals surface area contributed by atoms with Crippen LogP contribution in [0.5, 0.6) is 0 Å². The third kappa shape index (κ3) is 25.5. The van der Waals surface area contributed by atoms with Gasteiger partial charge in [-0.05, 0) is 67.5 Å². The van der Waals surface area contributed by atoms with Gasteiger partial charge in [0.05, 0.1) is 37.8 Å². The summed E-state index contributed by atoms with van der Waals surface area (Å²) in [6.07, 6.45) is 34.0. The molecular formula is C51H90N2O5. The summed E-state index contributed by atoms with van der Waals surface area (Å²) in [6.45, 7) is 14.7. The molecule has 2 aromatic carbocycles. The van der Waals surface area contributed by atoms with E-state index >= 15 is 0 Å². The third-order valence-corrected chi connectivity index (χ3v) is 10.9. The summed E-state index contributed by atoms with van der Waals surface area (Å²) in [6, 6.07) is 17.2. The van der Waals surface area contributed by atoms with Crippen LogP contribution in [0.2, 0.25) is 0 Å². The van der Waals surface area contributed by atoms with Crippen molar-refractivity contribution in [1.82, 2.24) is 0 Å². The van der Waals surface area contributed by atoms with Crippen LogP contribution >= 0.6 is 0 Å². The normalized spacial score (nSPS) is 11.6. The van der Waals surface area contributed by atoms with Gasteiger partial charge in [-0.25, -0.2) is 19.4 Å². The Bertz CT molecular complexity index is 1030. The van der Waals surface area contributed by atoms with Gasteiger partial charge in [0, 0.05) is 6.61 Å². The second-order valence-corrected chi connectivity index (χ2v) is 16.4. The zero-order valence-corrected chi connectivity index (χ0v) is 38.5. The van der Waals surface area contributed by atoms with E-state index in [1.807, 2.05) is 0 Å². The van der Waals surface area contributed by atoms with E-state index in [4.69, 9.17) is 24.1 Å². The highest BCUT2D eigenvalue weighted by atomic mass is 17.0. The van der Waals surface area contributed by atoms with Gasteiger partial charge in [-0.15, -0.1) is 10.5 Å². The lowest BCUT2D eigenvalue weighted by Gasteiger charge is -2.25. The molecule has 0 aliphatic rings. The van der Waals surface area contributed by atoms with Crippen molar-refractivity contribution in [1.29, 1.82) is 0 Å². The second-order valence-electron chi connectivity index (χ2n) is 16.4. The van der Waals surface area contributed by atoms with Crippen molar-refractivity contribution in [3.05, 3.63) is 59.7 Å². The molecule has 58 heavy (non-hydrogen) atoms. The Balaban J connectivity index is 2.18. The predicted octanol–water partition coefficient (Wildman–Crippen LogP) is 16.2. The summed E-state index contributed by atoms with van der Waals surface area (Å²) in [7, 11) is 0. The zero-order valence-electron chi connectivity index (χ0n) is 38.5. The maximum Gasteiger partial charge on any atom is 0.108 e. The molecule has 0 N–H and O–H groups in total. The van der Waals surface area contributed by atoms with Crippen LogP contribution in [0.25, 0.3) is 0 Å². The third-order valence-electron chi connectivity index (χ3n) is 10.9. The van der Waals surface area contributed by atoms with Gasteiger partial charge in [-0.2, -0.15) is 0 Å². The highest BCUT2D eigenvalue weighted by molar-refractivity contribution is 5.48. The molecule has 0 amide bonds. The van der Waals surface area contributed by atoms with Crippen molar-refractivity contribution in [2.24, 2.45) is 0 Å². The molecular weight excluding hydrogens is 721 g/mol. The van der Waals surface area contributed by atoms with Crippen LogP contribution in [0, 0.1) is 0 Å². The summed E-state index contributed by atoms with van der Waals surface area (Å²) >= 11 is 0. The van der Waals surface area contributed by atoms with Crippen molar-refractivity contribution in [3.63, 3.8) is 0 Å². The predicted molar refractivity (Wildman–Crippen MR) is 247 cm³/mol. The van der Waals surface area contributed by atoms with E-state index in [2.05, 4.69) is 83.1 Å². The zero-order chi connectivity index (χ0) is 41.6. The number of anilines is 2. The Morgan fingerprint density at radius 3 is 0.845 bits per heavy atom. The van der Waals surface area contributed by atoms with Gasteiger partial charge in [0.2, 0.25) is 0 Å². The number of unbranched alkanes of at least 4 members (excludes halogenated alkanes) is 23. The van der Waals surface area contributed by atoms with E-state index in [9.17, 15) is 0 Å². The van der Waals surface area contributed by atoms with E-state index in [1.165, 1.54) is 148 Å². The van der Waals surface area contributed by atoms with Gasteiger partial charge in [0.1, 0.15) is 6.10 Å². The summed E-state index contributed by atoms with van der Waals surface area (Å²) in [5, 5.41) is 3.34. The first-order valence-corrected chi connectivity index (χ1v) is 24.6. The Labute approximate surface area is 358 Å². The van der Waals surface area contributed by atoms with E-state index in [0.717, 1.165) is 61.2 Å². The van der Waals surface area contributed by atoms with Gasteiger partial charge < -0.3 is 4.74 Å². The molecule has 0 spiro atoms. The number of benzene rings is 2. The van der Waals surface area contributed by atoms with E-state index in [-0.39, 0.29) is 6.10 Å². The largest absolute Gasteiger partial charge is 0.369 e. The first-order chi connectivity index (χ1) is 28.7. The molecule has 0 aliphatic carbocycles. The van der Waals surface area contributed by atoms with Crippen LogP contribution in [-0.2, 0) is 24.1 Å². The van der Waals surface area contributed by atoms with Crippen molar-refractivity contribution in [3.8, 4) is 0 Å². The fourth-order valence-corrected chi connectivity index (χ4v) is 7.15. The molecule has 0 unspecified atom stereocenters. The first kappa shape index (κ1) is 52.0. The van der Waals surface area contributed by atoms with Crippen LogP contribution in [0.4, 0.5) is 11.4 Å². The molecule has 0 aliphatic heterocycles. The van der Waals surface area contributed by atoms with E-state index in [1.54, 1.807) is 10.5 Å².